The third-order valence-electron chi connectivity index (χ3n) is 3.41. The second-order valence-corrected chi connectivity index (χ2v) is 5.97. The Bertz CT molecular complexity index is 655. The Labute approximate surface area is 129 Å². The average Bonchev–Trinajstić information content (AvgIpc) is 2.45. The summed E-state index contributed by atoms with van der Waals surface area (Å²) in [4.78, 5) is 15.3. The first-order valence-corrected chi connectivity index (χ1v) is 7.02. The van der Waals surface area contributed by atoms with Crippen LogP contribution in [-0.4, -0.2) is 17.4 Å². The molecule has 5 heteroatoms. The Hall–Kier alpha value is -2.07. The van der Waals surface area contributed by atoms with Crippen LogP contribution in [0.15, 0.2) is 42.7 Å². The fourth-order valence-corrected chi connectivity index (χ4v) is 2.26. The predicted molar refractivity (Wildman–Crippen MR) is 85.7 cm³/mol. The minimum atomic E-state index is -0.494. The second kappa shape index (κ2) is 6.14. The third-order valence-corrected chi connectivity index (χ3v) is 3.65. The molecule has 0 aliphatic carbocycles. The molecule has 1 aromatic heterocycles. The van der Waals surface area contributed by atoms with E-state index in [0.717, 1.165) is 5.56 Å². The molecule has 0 aliphatic rings. The van der Waals surface area contributed by atoms with Gasteiger partial charge in [-0.25, -0.2) is 0 Å². The van der Waals surface area contributed by atoms with Crippen molar-refractivity contribution in [2.24, 2.45) is 5.73 Å². The molecule has 4 nitrogen and oxygen atoms in total. The van der Waals surface area contributed by atoms with Crippen LogP contribution in [0, 0.1) is 0 Å². The Morgan fingerprint density at radius 1 is 1.38 bits per heavy atom. The first-order valence-electron chi connectivity index (χ1n) is 6.64. The number of rotatable bonds is 5. The van der Waals surface area contributed by atoms with Crippen molar-refractivity contribution in [3.8, 4) is 0 Å². The molecule has 0 aliphatic heterocycles. The number of primary amides is 1. The lowest BCUT2D eigenvalue weighted by Gasteiger charge is -2.27. The first kappa shape index (κ1) is 15.3. The van der Waals surface area contributed by atoms with Crippen LogP contribution >= 0.6 is 11.6 Å². The molecule has 0 fully saturated rings. The Balaban J connectivity index is 2.17. The molecule has 0 saturated carbocycles. The molecule has 110 valence electrons. The predicted octanol–water partition coefficient (Wildman–Crippen LogP) is 3.22. The van der Waals surface area contributed by atoms with Gasteiger partial charge < -0.3 is 11.1 Å². The Morgan fingerprint density at radius 2 is 2.14 bits per heavy atom. The van der Waals surface area contributed by atoms with Crippen molar-refractivity contribution in [1.82, 2.24) is 4.98 Å². The molecule has 21 heavy (non-hydrogen) atoms. The van der Waals surface area contributed by atoms with Gasteiger partial charge in [0, 0.05) is 29.4 Å². The van der Waals surface area contributed by atoms with E-state index in [4.69, 9.17) is 17.3 Å². The highest BCUT2D eigenvalue weighted by Crippen LogP contribution is 2.26. The van der Waals surface area contributed by atoms with E-state index >= 15 is 0 Å². The van der Waals surface area contributed by atoms with Crippen LogP contribution in [0.3, 0.4) is 0 Å². The lowest BCUT2D eigenvalue weighted by atomic mass is 9.84. The molecule has 1 aromatic carbocycles. The van der Waals surface area contributed by atoms with E-state index in [-0.39, 0.29) is 5.41 Å². The van der Waals surface area contributed by atoms with Crippen LogP contribution in [0.25, 0.3) is 0 Å². The summed E-state index contributed by atoms with van der Waals surface area (Å²) < 4.78 is 0. The monoisotopic (exact) mass is 303 g/mol. The van der Waals surface area contributed by atoms with Crippen LogP contribution < -0.4 is 11.1 Å². The molecular formula is C16H18ClN3O. The summed E-state index contributed by atoms with van der Waals surface area (Å²) in [6.45, 7) is 4.85. The topological polar surface area (TPSA) is 68.0 Å². The summed E-state index contributed by atoms with van der Waals surface area (Å²) in [5.41, 5.74) is 7.40. The van der Waals surface area contributed by atoms with E-state index in [9.17, 15) is 4.79 Å². The van der Waals surface area contributed by atoms with Crippen LogP contribution in [0.5, 0.6) is 0 Å². The highest BCUT2D eigenvalue weighted by Gasteiger charge is 2.21. The average molecular weight is 304 g/mol. The molecule has 2 rings (SSSR count). The van der Waals surface area contributed by atoms with E-state index < -0.39 is 5.91 Å². The molecule has 1 amide bonds. The van der Waals surface area contributed by atoms with Crippen molar-refractivity contribution in [3.63, 3.8) is 0 Å². The number of benzene rings is 1. The molecule has 0 radical (unpaired) electrons. The number of anilines is 1. The van der Waals surface area contributed by atoms with E-state index in [1.54, 1.807) is 12.3 Å². The zero-order valence-electron chi connectivity index (χ0n) is 12.1. The normalized spacial score (nSPS) is 11.2. The van der Waals surface area contributed by atoms with E-state index in [1.807, 2.05) is 24.3 Å². The van der Waals surface area contributed by atoms with Gasteiger partial charge in [-0.05, 0) is 23.8 Å². The minimum absolute atomic E-state index is 0.150. The second-order valence-electron chi connectivity index (χ2n) is 5.53. The summed E-state index contributed by atoms with van der Waals surface area (Å²) in [7, 11) is 0. The lowest BCUT2D eigenvalue weighted by Crippen LogP contribution is -2.28. The summed E-state index contributed by atoms with van der Waals surface area (Å²) in [6.07, 6.45) is 3.10. The number of pyridine rings is 1. The van der Waals surface area contributed by atoms with E-state index in [1.165, 1.54) is 6.20 Å². The zero-order valence-corrected chi connectivity index (χ0v) is 12.8. The Morgan fingerprint density at radius 3 is 2.81 bits per heavy atom. The maximum absolute atomic E-state index is 11.4. The number of hydrogen-bond donors (Lipinski definition) is 2. The Kier molecular flexibility index (Phi) is 4.48. The first-order chi connectivity index (χ1) is 9.90. The van der Waals surface area contributed by atoms with Crippen molar-refractivity contribution in [3.05, 3.63) is 58.9 Å². The van der Waals surface area contributed by atoms with Crippen molar-refractivity contribution in [2.75, 3.05) is 11.9 Å². The van der Waals surface area contributed by atoms with Crippen LogP contribution in [0.4, 0.5) is 5.69 Å². The quantitative estimate of drug-likeness (QED) is 0.891. The van der Waals surface area contributed by atoms with Gasteiger partial charge in [-0.3, -0.25) is 9.78 Å². The van der Waals surface area contributed by atoms with E-state index in [0.29, 0.717) is 22.8 Å². The molecule has 3 N–H and O–H groups in total. The van der Waals surface area contributed by atoms with Gasteiger partial charge in [0.2, 0.25) is 0 Å². The zero-order chi connectivity index (χ0) is 15.5. The number of carbonyl (C=O) groups excluding carboxylic acids is 1. The number of nitrogens with two attached hydrogens (primary N) is 1. The lowest BCUT2D eigenvalue weighted by molar-refractivity contribution is 0.100. The number of nitrogens with zero attached hydrogens (tertiary/aromatic N) is 1. The molecule has 0 atom stereocenters. The van der Waals surface area contributed by atoms with Gasteiger partial charge in [0.05, 0.1) is 11.3 Å². The molecule has 0 spiro atoms. The molecule has 0 unspecified atom stereocenters. The highest BCUT2D eigenvalue weighted by atomic mass is 35.5. The number of hydrogen-bond acceptors (Lipinski definition) is 3. The minimum Gasteiger partial charge on any atom is -0.383 e. The summed E-state index contributed by atoms with van der Waals surface area (Å²) >= 11 is 6.04. The van der Waals surface area contributed by atoms with E-state index in [2.05, 4.69) is 24.1 Å². The van der Waals surface area contributed by atoms with Crippen LogP contribution in [-0.2, 0) is 5.41 Å². The SMILES string of the molecule is CC(C)(CNc1ccncc1C(N)=O)c1cccc(Cl)c1. The molecule has 2 aromatic rings. The van der Waals surface area contributed by atoms with Gasteiger partial charge in [0.1, 0.15) is 0 Å². The number of nitrogens with one attached hydrogen (secondary N) is 1. The molecule has 0 saturated heterocycles. The highest BCUT2D eigenvalue weighted by molar-refractivity contribution is 6.30. The van der Waals surface area contributed by atoms with Gasteiger partial charge in [-0.1, -0.05) is 37.6 Å². The van der Waals surface area contributed by atoms with Gasteiger partial charge in [-0.2, -0.15) is 0 Å². The summed E-state index contributed by atoms with van der Waals surface area (Å²) in [5.74, 6) is -0.494. The van der Waals surface area contributed by atoms with Gasteiger partial charge in [0.15, 0.2) is 0 Å². The van der Waals surface area contributed by atoms with Gasteiger partial charge >= 0.3 is 0 Å². The summed E-state index contributed by atoms with van der Waals surface area (Å²) in [5, 5.41) is 3.98. The van der Waals surface area contributed by atoms with Crippen LogP contribution in [0.1, 0.15) is 29.8 Å². The van der Waals surface area contributed by atoms with Crippen LogP contribution in [0.2, 0.25) is 5.02 Å². The molecule has 0 bridgehead atoms. The standard InChI is InChI=1S/C16H18ClN3O/c1-16(2,11-4-3-5-12(17)8-11)10-20-14-6-7-19-9-13(14)15(18)21/h3-9H,10H2,1-2H3,(H2,18,21)(H,19,20). The number of aromatic nitrogens is 1. The third kappa shape index (κ3) is 3.73. The molecular weight excluding hydrogens is 286 g/mol. The van der Waals surface area contributed by atoms with Crippen molar-refractivity contribution >= 4 is 23.2 Å². The number of halogens is 1. The fourth-order valence-electron chi connectivity index (χ4n) is 2.07. The van der Waals surface area contributed by atoms with Gasteiger partial charge in [-0.15, -0.1) is 0 Å². The fraction of sp³-hybridized carbons (Fsp3) is 0.250. The summed E-state index contributed by atoms with van der Waals surface area (Å²) in [6, 6.07) is 9.51. The maximum Gasteiger partial charge on any atom is 0.252 e. The maximum atomic E-state index is 11.4. The van der Waals surface area contributed by atoms with Crippen molar-refractivity contribution in [1.29, 1.82) is 0 Å². The largest absolute Gasteiger partial charge is 0.383 e. The molecule has 1 heterocycles. The number of carbonyl (C=O) groups is 1. The number of amides is 1. The van der Waals surface area contributed by atoms with Crippen molar-refractivity contribution in [2.45, 2.75) is 19.3 Å². The van der Waals surface area contributed by atoms with Gasteiger partial charge in [0.25, 0.3) is 5.91 Å². The smallest absolute Gasteiger partial charge is 0.252 e. The van der Waals surface area contributed by atoms with Crippen molar-refractivity contribution < 1.29 is 4.79 Å².